The molecule has 1 aliphatic carbocycles. The molecular formula is C13H19NO2. The third-order valence-corrected chi connectivity index (χ3v) is 3.42. The minimum Gasteiger partial charge on any atom is -0.496 e. The van der Waals surface area contributed by atoms with Gasteiger partial charge in [-0.05, 0) is 30.9 Å². The van der Waals surface area contributed by atoms with Crippen LogP contribution in [0.4, 0.5) is 0 Å². The lowest BCUT2D eigenvalue weighted by molar-refractivity contribution is 0.174. The molecule has 1 fully saturated rings. The fraction of sp³-hybridized carbons (Fsp3) is 0.538. The Morgan fingerprint density at radius 3 is 2.56 bits per heavy atom. The molecule has 0 radical (unpaired) electrons. The molecule has 0 atom stereocenters. The molecule has 2 rings (SSSR count). The van der Waals surface area contributed by atoms with Gasteiger partial charge < -0.3 is 15.2 Å². The van der Waals surface area contributed by atoms with Gasteiger partial charge >= 0.3 is 0 Å². The van der Waals surface area contributed by atoms with Crippen molar-refractivity contribution in [2.45, 2.75) is 31.4 Å². The van der Waals surface area contributed by atoms with Gasteiger partial charge in [-0.1, -0.05) is 12.1 Å². The maximum Gasteiger partial charge on any atom is 0.124 e. The zero-order valence-corrected chi connectivity index (χ0v) is 9.95. The van der Waals surface area contributed by atoms with Crippen molar-refractivity contribution in [3.8, 4) is 5.75 Å². The molecule has 0 aromatic heterocycles. The highest BCUT2D eigenvalue weighted by Gasteiger charge is 2.36. The maximum atomic E-state index is 6.37. The van der Waals surface area contributed by atoms with Gasteiger partial charge in [0.2, 0.25) is 0 Å². The molecule has 1 aromatic carbocycles. The molecule has 3 heteroatoms. The SMILES string of the molecule is COCc1c(OC)cccc1C1(N)CCC1. The molecule has 3 nitrogen and oxygen atoms in total. The van der Waals surface area contributed by atoms with E-state index in [0.717, 1.165) is 24.2 Å². The van der Waals surface area contributed by atoms with Gasteiger partial charge in [0, 0.05) is 18.2 Å². The number of nitrogens with two attached hydrogens (primary N) is 1. The lowest BCUT2D eigenvalue weighted by Gasteiger charge is -2.40. The third kappa shape index (κ3) is 1.81. The zero-order chi connectivity index (χ0) is 11.6. The second-order valence-corrected chi connectivity index (χ2v) is 4.43. The van der Waals surface area contributed by atoms with Gasteiger partial charge in [-0.15, -0.1) is 0 Å². The van der Waals surface area contributed by atoms with E-state index in [-0.39, 0.29) is 5.54 Å². The maximum absolute atomic E-state index is 6.37. The molecule has 1 aromatic rings. The van der Waals surface area contributed by atoms with E-state index in [1.165, 1.54) is 12.0 Å². The van der Waals surface area contributed by atoms with Crippen LogP contribution < -0.4 is 10.5 Å². The summed E-state index contributed by atoms with van der Waals surface area (Å²) in [6, 6.07) is 6.05. The molecule has 0 saturated heterocycles. The molecule has 0 bridgehead atoms. The van der Waals surface area contributed by atoms with Crippen LogP contribution in [-0.2, 0) is 16.9 Å². The Labute approximate surface area is 96.5 Å². The molecule has 1 aliphatic rings. The van der Waals surface area contributed by atoms with Crippen molar-refractivity contribution in [2.24, 2.45) is 5.73 Å². The summed E-state index contributed by atoms with van der Waals surface area (Å²) in [6.45, 7) is 0.554. The molecule has 0 amide bonds. The standard InChI is InChI=1S/C13H19NO2/c1-15-9-10-11(13(14)7-4-8-13)5-3-6-12(10)16-2/h3,5-6H,4,7-9,14H2,1-2H3. The van der Waals surface area contributed by atoms with Gasteiger partial charge in [-0.3, -0.25) is 0 Å². The van der Waals surface area contributed by atoms with Crippen LogP contribution in [0, 0.1) is 0 Å². The summed E-state index contributed by atoms with van der Waals surface area (Å²) in [4.78, 5) is 0. The quantitative estimate of drug-likeness (QED) is 0.847. The Balaban J connectivity index is 2.42. The van der Waals surface area contributed by atoms with E-state index in [1.54, 1.807) is 14.2 Å². The fourth-order valence-electron chi connectivity index (χ4n) is 2.34. The van der Waals surface area contributed by atoms with Gasteiger partial charge in [0.25, 0.3) is 0 Å². The van der Waals surface area contributed by atoms with Crippen LogP contribution in [0.2, 0.25) is 0 Å². The van der Waals surface area contributed by atoms with Crippen LogP contribution in [-0.4, -0.2) is 14.2 Å². The van der Waals surface area contributed by atoms with Crippen molar-refractivity contribution in [1.82, 2.24) is 0 Å². The Morgan fingerprint density at radius 2 is 2.06 bits per heavy atom. The summed E-state index contributed by atoms with van der Waals surface area (Å²) in [7, 11) is 3.38. The topological polar surface area (TPSA) is 44.5 Å². The smallest absolute Gasteiger partial charge is 0.124 e. The summed E-state index contributed by atoms with van der Waals surface area (Å²) >= 11 is 0. The highest BCUT2D eigenvalue weighted by atomic mass is 16.5. The monoisotopic (exact) mass is 221 g/mol. The predicted octanol–water partition coefficient (Wildman–Crippen LogP) is 2.18. The number of benzene rings is 1. The number of rotatable bonds is 4. The Hall–Kier alpha value is -1.06. The normalized spacial score (nSPS) is 17.9. The van der Waals surface area contributed by atoms with Crippen molar-refractivity contribution in [1.29, 1.82) is 0 Å². The van der Waals surface area contributed by atoms with E-state index >= 15 is 0 Å². The van der Waals surface area contributed by atoms with Crippen molar-refractivity contribution in [2.75, 3.05) is 14.2 Å². The van der Waals surface area contributed by atoms with Crippen molar-refractivity contribution >= 4 is 0 Å². The Kier molecular flexibility index (Phi) is 3.17. The zero-order valence-electron chi connectivity index (χ0n) is 9.95. The average Bonchev–Trinajstić information content (AvgIpc) is 2.26. The van der Waals surface area contributed by atoms with Crippen LogP contribution in [0.3, 0.4) is 0 Å². The first-order valence-corrected chi connectivity index (χ1v) is 5.65. The van der Waals surface area contributed by atoms with E-state index in [1.807, 2.05) is 12.1 Å². The summed E-state index contributed by atoms with van der Waals surface area (Å²) < 4.78 is 10.6. The number of hydrogen-bond acceptors (Lipinski definition) is 3. The Morgan fingerprint density at radius 1 is 1.31 bits per heavy atom. The first kappa shape index (κ1) is 11.4. The molecule has 1 saturated carbocycles. The van der Waals surface area contributed by atoms with E-state index in [2.05, 4.69) is 6.07 Å². The highest BCUT2D eigenvalue weighted by Crippen LogP contribution is 2.42. The van der Waals surface area contributed by atoms with Crippen LogP contribution in [0.25, 0.3) is 0 Å². The highest BCUT2D eigenvalue weighted by molar-refractivity contribution is 5.44. The molecule has 0 spiro atoms. The number of ether oxygens (including phenoxy) is 2. The molecule has 0 unspecified atom stereocenters. The molecule has 2 N–H and O–H groups in total. The van der Waals surface area contributed by atoms with E-state index in [4.69, 9.17) is 15.2 Å². The summed E-state index contributed by atoms with van der Waals surface area (Å²) in [5.74, 6) is 0.871. The van der Waals surface area contributed by atoms with Gasteiger partial charge in [0.1, 0.15) is 5.75 Å². The fourth-order valence-corrected chi connectivity index (χ4v) is 2.34. The average molecular weight is 221 g/mol. The van der Waals surface area contributed by atoms with E-state index in [0.29, 0.717) is 6.61 Å². The lowest BCUT2D eigenvalue weighted by Crippen LogP contribution is -2.44. The molecule has 88 valence electrons. The first-order chi connectivity index (χ1) is 7.71. The largest absolute Gasteiger partial charge is 0.496 e. The summed E-state index contributed by atoms with van der Waals surface area (Å²) in [5, 5.41) is 0. The van der Waals surface area contributed by atoms with Crippen LogP contribution in [0.5, 0.6) is 5.75 Å². The van der Waals surface area contributed by atoms with Crippen LogP contribution in [0.15, 0.2) is 18.2 Å². The predicted molar refractivity (Wildman–Crippen MR) is 63.4 cm³/mol. The summed E-state index contributed by atoms with van der Waals surface area (Å²) in [5.41, 5.74) is 8.48. The molecule has 16 heavy (non-hydrogen) atoms. The van der Waals surface area contributed by atoms with Crippen molar-refractivity contribution < 1.29 is 9.47 Å². The van der Waals surface area contributed by atoms with Gasteiger partial charge in [-0.25, -0.2) is 0 Å². The minimum atomic E-state index is -0.164. The van der Waals surface area contributed by atoms with Crippen molar-refractivity contribution in [3.63, 3.8) is 0 Å². The number of hydrogen-bond donors (Lipinski definition) is 1. The van der Waals surface area contributed by atoms with Crippen molar-refractivity contribution in [3.05, 3.63) is 29.3 Å². The molecule has 0 aliphatic heterocycles. The first-order valence-electron chi connectivity index (χ1n) is 5.65. The van der Waals surface area contributed by atoms with Gasteiger partial charge in [0.05, 0.1) is 13.7 Å². The Bertz CT molecular complexity index is 372. The molecular weight excluding hydrogens is 202 g/mol. The van der Waals surface area contributed by atoms with Gasteiger partial charge in [-0.2, -0.15) is 0 Å². The minimum absolute atomic E-state index is 0.164. The van der Waals surface area contributed by atoms with Gasteiger partial charge in [0.15, 0.2) is 0 Å². The van der Waals surface area contributed by atoms with E-state index < -0.39 is 0 Å². The second-order valence-electron chi connectivity index (χ2n) is 4.43. The molecule has 0 heterocycles. The summed E-state index contributed by atoms with van der Waals surface area (Å²) in [6.07, 6.45) is 3.31. The second kappa shape index (κ2) is 4.44. The van der Waals surface area contributed by atoms with Crippen LogP contribution >= 0.6 is 0 Å². The van der Waals surface area contributed by atoms with Crippen LogP contribution in [0.1, 0.15) is 30.4 Å². The lowest BCUT2D eigenvalue weighted by atomic mass is 9.71. The third-order valence-electron chi connectivity index (χ3n) is 3.42. The van der Waals surface area contributed by atoms with E-state index in [9.17, 15) is 0 Å². The number of methoxy groups -OCH3 is 2.